The van der Waals surface area contributed by atoms with E-state index < -0.39 is 21.4 Å². The largest absolute Gasteiger partial charge is 0.376 e. The van der Waals surface area contributed by atoms with Crippen LogP contribution in [0.2, 0.25) is 5.02 Å². The predicted octanol–water partition coefficient (Wildman–Crippen LogP) is 2.92. The average molecular weight is 476 g/mol. The first-order valence-electron chi connectivity index (χ1n) is 10.1. The Labute approximate surface area is 190 Å². The van der Waals surface area contributed by atoms with E-state index in [1.807, 2.05) is 0 Å². The summed E-state index contributed by atoms with van der Waals surface area (Å²) in [6, 6.07) is 10.6. The molecule has 1 amide bonds. The van der Waals surface area contributed by atoms with Gasteiger partial charge in [-0.2, -0.15) is 0 Å². The van der Waals surface area contributed by atoms with E-state index in [1.165, 1.54) is 31.4 Å². The Morgan fingerprint density at radius 3 is 2.69 bits per heavy atom. The van der Waals surface area contributed by atoms with Crippen LogP contribution >= 0.6 is 11.6 Å². The number of carbonyl (C=O) groups excluding carboxylic acids is 1. The van der Waals surface area contributed by atoms with Crippen LogP contribution < -0.4 is 15.1 Å². The first-order chi connectivity index (χ1) is 15.3. The van der Waals surface area contributed by atoms with Crippen molar-refractivity contribution in [2.75, 3.05) is 24.5 Å². The number of hydrogen-bond donors (Lipinski definition) is 2. The minimum Gasteiger partial charge on any atom is -0.376 e. The molecule has 8 nitrogen and oxygen atoms in total. The highest BCUT2D eigenvalue weighted by Crippen LogP contribution is 2.25. The highest BCUT2D eigenvalue weighted by Gasteiger charge is 2.23. The lowest BCUT2D eigenvalue weighted by molar-refractivity contribution is 0.0857. The number of halogens is 1. The third-order valence-electron chi connectivity index (χ3n) is 5.46. The fourth-order valence-corrected chi connectivity index (χ4v) is 4.93. The lowest BCUT2D eigenvalue weighted by Gasteiger charge is -2.19. The van der Waals surface area contributed by atoms with Crippen molar-refractivity contribution in [2.24, 2.45) is 0 Å². The van der Waals surface area contributed by atoms with Crippen molar-refractivity contribution in [3.63, 3.8) is 0 Å². The number of nitrogens with zero attached hydrogens (tertiary/aromatic N) is 1. The molecule has 32 heavy (non-hydrogen) atoms. The quantitative estimate of drug-likeness (QED) is 0.569. The number of hydrogen-bond acceptors (Lipinski definition) is 5. The molecule has 0 aliphatic carbocycles. The number of pyridine rings is 1. The average Bonchev–Trinajstić information content (AvgIpc) is 3.31. The number of anilines is 1. The van der Waals surface area contributed by atoms with Gasteiger partial charge in [0, 0.05) is 42.3 Å². The Kier molecular flexibility index (Phi) is 6.23. The minimum absolute atomic E-state index is 0.0568. The Bertz CT molecular complexity index is 1320. The monoisotopic (exact) mass is 475 g/mol. The Morgan fingerprint density at radius 1 is 1.25 bits per heavy atom. The molecule has 1 atom stereocenters. The van der Waals surface area contributed by atoms with Gasteiger partial charge in [-0.3, -0.25) is 13.9 Å². The molecule has 0 spiro atoms. The van der Waals surface area contributed by atoms with Crippen LogP contribution in [0.4, 0.5) is 5.69 Å². The van der Waals surface area contributed by atoms with Crippen LogP contribution in [-0.2, 0) is 14.8 Å². The van der Waals surface area contributed by atoms with Crippen LogP contribution in [-0.4, -0.2) is 45.6 Å². The molecule has 168 valence electrons. The van der Waals surface area contributed by atoms with Crippen molar-refractivity contribution >= 4 is 44.1 Å². The molecule has 1 aliphatic heterocycles. The molecular formula is C22H22ClN3O5S. The van der Waals surface area contributed by atoms with Gasteiger partial charge in [0.25, 0.3) is 15.9 Å². The molecule has 1 aliphatic rings. The zero-order valence-corrected chi connectivity index (χ0v) is 18.9. The van der Waals surface area contributed by atoms with E-state index in [0.717, 1.165) is 17.1 Å². The van der Waals surface area contributed by atoms with Crippen LogP contribution in [0.25, 0.3) is 10.9 Å². The molecule has 0 radical (unpaired) electrons. The van der Waals surface area contributed by atoms with Crippen molar-refractivity contribution in [3.05, 3.63) is 69.5 Å². The van der Waals surface area contributed by atoms with Gasteiger partial charge in [0.15, 0.2) is 0 Å². The lowest BCUT2D eigenvalue weighted by Crippen LogP contribution is -2.34. The normalized spacial score (nSPS) is 16.2. The van der Waals surface area contributed by atoms with Gasteiger partial charge in [0.2, 0.25) is 5.43 Å². The smallest absolute Gasteiger partial charge is 0.264 e. The lowest BCUT2D eigenvalue weighted by atomic mass is 10.1. The van der Waals surface area contributed by atoms with Gasteiger partial charge < -0.3 is 15.0 Å². The number of ether oxygens (including phenoxy) is 1. The predicted molar refractivity (Wildman–Crippen MR) is 123 cm³/mol. The molecule has 2 aromatic carbocycles. The molecule has 3 aromatic rings. The molecule has 1 saturated heterocycles. The molecule has 2 N–H and O–H groups in total. The van der Waals surface area contributed by atoms with Crippen molar-refractivity contribution < 1.29 is 17.9 Å². The van der Waals surface area contributed by atoms with Crippen LogP contribution in [0.1, 0.15) is 23.2 Å². The Balaban J connectivity index is 1.65. The van der Waals surface area contributed by atoms with Gasteiger partial charge in [-0.15, -0.1) is 0 Å². The second-order valence-electron chi connectivity index (χ2n) is 7.53. The number of H-pyrrole nitrogens is 1. The summed E-state index contributed by atoms with van der Waals surface area (Å²) in [7, 11) is -2.53. The maximum Gasteiger partial charge on any atom is 0.264 e. The van der Waals surface area contributed by atoms with E-state index in [-0.39, 0.29) is 21.9 Å². The first kappa shape index (κ1) is 22.3. The second kappa shape index (κ2) is 8.93. The van der Waals surface area contributed by atoms with Crippen LogP contribution in [0.15, 0.2) is 58.4 Å². The third-order valence-corrected chi connectivity index (χ3v) is 7.49. The number of carbonyl (C=O) groups is 1. The number of sulfonamides is 1. The van der Waals surface area contributed by atoms with E-state index in [9.17, 15) is 18.0 Å². The molecule has 1 aromatic heterocycles. The Morgan fingerprint density at radius 2 is 2.00 bits per heavy atom. The molecule has 10 heteroatoms. The van der Waals surface area contributed by atoms with Crippen LogP contribution in [0.3, 0.4) is 0 Å². The molecule has 2 heterocycles. The van der Waals surface area contributed by atoms with Crippen LogP contribution in [0.5, 0.6) is 0 Å². The van der Waals surface area contributed by atoms with E-state index in [0.29, 0.717) is 29.4 Å². The summed E-state index contributed by atoms with van der Waals surface area (Å²) in [5.74, 6) is -0.532. The standard InChI is InChI=1S/C22H22ClN3O5S/c1-26(15-6-4-14(23)5-7-15)32(29,30)17-8-9-20-18(11-17)21(27)19(13-24-20)22(28)25-12-16-3-2-10-31-16/h4-9,11,13,16H,2-3,10,12H2,1H3,(H,24,27)(H,25,28). The highest BCUT2D eigenvalue weighted by atomic mass is 35.5. The van der Waals surface area contributed by atoms with E-state index in [4.69, 9.17) is 16.3 Å². The summed E-state index contributed by atoms with van der Waals surface area (Å²) >= 11 is 5.88. The highest BCUT2D eigenvalue weighted by molar-refractivity contribution is 7.92. The number of amides is 1. The second-order valence-corrected chi connectivity index (χ2v) is 9.94. The molecule has 4 rings (SSSR count). The molecule has 1 fully saturated rings. The van der Waals surface area contributed by atoms with E-state index in [1.54, 1.807) is 24.3 Å². The van der Waals surface area contributed by atoms with E-state index >= 15 is 0 Å². The molecular weight excluding hydrogens is 454 g/mol. The minimum atomic E-state index is -3.95. The fraction of sp³-hybridized carbons (Fsp3) is 0.273. The number of fused-ring (bicyclic) bond motifs is 1. The molecule has 1 unspecified atom stereocenters. The van der Waals surface area contributed by atoms with Gasteiger partial charge in [0.05, 0.1) is 16.7 Å². The summed E-state index contributed by atoms with van der Waals surface area (Å²) in [6.45, 7) is 0.982. The zero-order valence-electron chi connectivity index (χ0n) is 17.3. The number of rotatable bonds is 6. The number of benzene rings is 2. The third kappa shape index (κ3) is 4.36. The first-order valence-corrected chi connectivity index (χ1v) is 11.9. The number of aromatic nitrogens is 1. The number of aromatic amines is 1. The Hall–Kier alpha value is -2.88. The summed E-state index contributed by atoms with van der Waals surface area (Å²) in [5, 5.41) is 3.31. The summed E-state index contributed by atoms with van der Waals surface area (Å²) in [5.41, 5.74) is 0.218. The summed E-state index contributed by atoms with van der Waals surface area (Å²) in [6.07, 6.45) is 3.08. The maximum absolute atomic E-state index is 13.1. The SMILES string of the molecule is CN(c1ccc(Cl)cc1)S(=O)(=O)c1ccc2[nH]cc(C(=O)NCC3CCCO3)c(=O)c2c1. The fourth-order valence-electron chi connectivity index (χ4n) is 3.58. The van der Waals surface area contributed by atoms with Gasteiger partial charge in [-0.1, -0.05) is 11.6 Å². The van der Waals surface area contributed by atoms with Crippen molar-refractivity contribution in [3.8, 4) is 0 Å². The van der Waals surface area contributed by atoms with Gasteiger partial charge in [0.1, 0.15) is 5.56 Å². The summed E-state index contributed by atoms with van der Waals surface area (Å²) in [4.78, 5) is 28.4. The molecule has 0 saturated carbocycles. The molecule has 0 bridgehead atoms. The van der Waals surface area contributed by atoms with Gasteiger partial charge in [-0.05, 0) is 55.3 Å². The van der Waals surface area contributed by atoms with Crippen molar-refractivity contribution in [1.82, 2.24) is 10.3 Å². The van der Waals surface area contributed by atoms with Gasteiger partial charge in [-0.25, -0.2) is 8.42 Å². The van der Waals surface area contributed by atoms with Crippen LogP contribution in [0, 0.1) is 0 Å². The van der Waals surface area contributed by atoms with Crippen molar-refractivity contribution in [1.29, 1.82) is 0 Å². The topological polar surface area (TPSA) is 109 Å². The zero-order chi connectivity index (χ0) is 22.9. The summed E-state index contributed by atoms with van der Waals surface area (Å²) < 4.78 is 32.8. The van der Waals surface area contributed by atoms with Crippen molar-refractivity contribution in [2.45, 2.75) is 23.8 Å². The van der Waals surface area contributed by atoms with E-state index in [2.05, 4.69) is 10.3 Å². The van der Waals surface area contributed by atoms with Gasteiger partial charge >= 0.3 is 0 Å². The maximum atomic E-state index is 13.1. The number of nitrogens with one attached hydrogen (secondary N) is 2.